The number of rotatable bonds is 4. The van der Waals surface area contributed by atoms with Crippen LogP contribution in [0.1, 0.15) is 22.8 Å². The van der Waals surface area contributed by atoms with E-state index in [1.165, 1.54) is 0 Å². The molecule has 1 aromatic rings. The number of allylic oxidation sites excluding steroid dienone is 1. The molecule has 0 unspecified atom stereocenters. The summed E-state index contributed by atoms with van der Waals surface area (Å²) in [4.78, 5) is 22.5. The molecule has 0 fully saturated rings. The molecule has 0 N–H and O–H groups in total. The fourth-order valence-electron chi connectivity index (χ4n) is 1.25. The minimum Gasteiger partial charge on any atom is -0.463 e. The van der Waals surface area contributed by atoms with Crippen LogP contribution in [0.4, 0.5) is 13.2 Å². The van der Waals surface area contributed by atoms with Crippen molar-refractivity contribution in [3.63, 3.8) is 0 Å². The second-order valence-corrected chi connectivity index (χ2v) is 3.52. The Morgan fingerprint density at radius 1 is 1.16 bits per heavy atom. The lowest BCUT2D eigenvalue weighted by molar-refractivity contribution is -0.138. The largest absolute Gasteiger partial charge is 0.463 e. The maximum absolute atomic E-state index is 12.3. The zero-order valence-corrected chi connectivity index (χ0v) is 10.0. The van der Waals surface area contributed by atoms with Crippen LogP contribution in [0.15, 0.2) is 36.4 Å². The van der Waals surface area contributed by atoms with Gasteiger partial charge in [-0.25, -0.2) is 4.79 Å². The Balaban J connectivity index is 2.76. The summed E-state index contributed by atoms with van der Waals surface area (Å²) >= 11 is 0. The van der Waals surface area contributed by atoms with Crippen LogP contribution in [0.5, 0.6) is 0 Å². The molecule has 0 radical (unpaired) electrons. The van der Waals surface area contributed by atoms with Crippen LogP contribution in [0.3, 0.4) is 0 Å². The van der Waals surface area contributed by atoms with Crippen molar-refractivity contribution in [3.05, 3.63) is 47.5 Å². The third-order valence-electron chi connectivity index (χ3n) is 2.15. The molecule has 0 aromatic heterocycles. The molecule has 102 valence electrons. The van der Waals surface area contributed by atoms with Crippen LogP contribution < -0.4 is 0 Å². The molecule has 1 rings (SSSR count). The maximum atomic E-state index is 12.3. The molecular weight excluding hydrogens is 261 g/mol. The van der Waals surface area contributed by atoms with Crippen molar-refractivity contribution >= 4 is 11.8 Å². The van der Waals surface area contributed by atoms with Gasteiger partial charge in [0.05, 0.1) is 12.2 Å². The van der Waals surface area contributed by atoms with E-state index in [-0.39, 0.29) is 12.2 Å². The fraction of sp³-hybridized carbons (Fsp3) is 0.231. The minimum atomic E-state index is -4.44. The molecule has 0 aliphatic rings. The molecule has 0 atom stereocenters. The molecule has 19 heavy (non-hydrogen) atoms. The van der Waals surface area contributed by atoms with Gasteiger partial charge in [0.25, 0.3) is 0 Å². The standard InChI is InChI=1S/C13H11F3O3/c1-2-19-12(18)8-7-11(17)9-3-5-10(6-4-9)13(14,15)16/h3-8H,2H2,1H3. The summed E-state index contributed by atoms with van der Waals surface area (Å²) in [7, 11) is 0. The molecule has 3 nitrogen and oxygen atoms in total. The number of hydrogen-bond acceptors (Lipinski definition) is 3. The summed E-state index contributed by atoms with van der Waals surface area (Å²) in [5.74, 6) is -1.25. The molecule has 0 heterocycles. The Kier molecular flexibility index (Phi) is 4.86. The highest BCUT2D eigenvalue weighted by Gasteiger charge is 2.30. The summed E-state index contributed by atoms with van der Waals surface area (Å²) in [5, 5.41) is 0. The molecule has 0 aliphatic heterocycles. The van der Waals surface area contributed by atoms with E-state index in [2.05, 4.69) is 4.74 Å². The normalized spacial score (nSPS) is 11.6. The van der Waals surface area contributed by atoms with E-state index in [9.17, 15) is 22.8 Å². The summed E-state index contributed by atoms with van der Waals surface area (Å²) in [6.07, 6.45) is -2.55. The number of carbonyl (C=O) groups excluding carboxylic acids is 2. The fourth-order valence-corrected chi connectivity index (χ4v) is 1.25. The predicted molar refractivity (Wildman–Crippen MR) is 61.5 cm³/mol. The Morgan fingerprint density at radius 3 is 2.21 bits per heavy atom. The molecule has 0 saturated carbocycles. The SMILES string of the molecule is CCOC(=O)C=CC(=O)c1ccc(C(F)(F)F)cc1. The molecule has 0 amide bonds. The first-order valence-corrected chi connectivity index (χ1v) is 5.41. The first kappa shape index (κ1) is 14.9. The zero-order valence-electron chi connectivity index (χ0n) is 10.0. The third kappa shape index (κ3) is 4.57. The van der Waals surface area contributed by atoms with Gasteiger partial charge in [-0.05, 0) is 25.1 Å². The lowest BCUT2D eigenvalue weighted by Crippen LogP contribution is -2.05. The quantitative estimate of drug-likeness (QED) is 0.480. The third-order valence-corrected chi connectivity index (χ3v) is 2.15. The highest BCUT2D eigenvalue weighted by molar-refractivity contribution is 6.06. The molecule has 0 aliphatic carbocycles. The van der Waals surface area contributed by atoms with Gasteiger partial charge >= 0.3 is 12.1 Å². The van der Waals surface area contributed by atoms with Gasteiger partial charge in [0, 0.05) is 11.6 Å². The number of benzene rings is 1. The van der Waals surface area contributed by atoms with E-state index in [1.807, 2.05) is 0 Å². The summed E-state index contributed by atoms with van der Waals surface area (Å²) < 4.78 is 41.5. The number of halogens is 3. The predicted octanol–water partition coefficient (Wildman–Crippen LogP) is 3.01. The van der Waals surface area contributed by atoms with Crippen molar-refractivity contribution < 1.29 is 27.5 Å². The molecule has 6 heteroatoms. The van der Waals surface area contributed by atoms with Crippen LogP contribution in [-0.4, -0.2) is 18.4 Å². The summed E-state index contributed by atoms with van der Waals surface area (Å²) in [6.45, 7) is 1.79. The van der Waals surface area contributed by atoms with Crippen molar-refractivity contribution in [2.75, 3.05) is 6.61 Å². The van der Waals surface area contributed by atoms with Crippen molar-refractivity contribution in [1.82, 2.24) is 0 Å². The number of hydrogen-bond donors (Lipinski definition) is 0. The van der Waals surface area contributed by atoms with E-state index >= 15 is 0 Å². The van der Waals surface area contributed by atoms with E-state index in [0.717, 1.165) is 36.4 Å². The highest BCUT2D eigenvalue weighted by Crippen LogP contribution is 2.29. The molecule has 0 saturated heterocycles. The number of ketones is 1. The lowest BCUT2D eigenvalue weighted by Gasteiger charge is -2.06. The van der Waals surface area contributed by atoms with Gasteiger partial charge in [-0.3, -0.25) is 4.79 Å². The van der Waals surface area contributed by atoms with Gasteiger partial charge < -0.3 is 4.74 Å². The van der Waals surface area contributed by atoms with E-state index < -0.39 is 23.5 Å². The lowest BCUT2D eigenvalue weighted by atomic mass is 10.1. The monoisotopic (exact) mass is 272 g/mol. The topological polar surface area (TPSA) is 43.4 Å². The minimum absolute atomic E-state index is 0.0635. The number of esters is 1. The number of alkyl halides is 3. The first-order chi connectivity index (χ1) is 8.84. The van der Waals surface area contributed by atoms with Gasteiger partial charge in [0.1, 0.15) is 0 Å². The van der Waals surface area contributed by atoms with E-state index in [1.54, 1.807) is 6.92 Å². The summed E-state index contributed by atoms with van der Waals surface area (Å²) in [6, 6.07) is 3.73. The Bertz CT molecular complexity index is 487. The molecule has 0 spiro atoms. The second-order valence-electron chi connectivity index (χ2n) is 3.52. The zero-order chi connectivity index (χ0) is 14.5. The van der Waals surface area contributed by atoms with Crippen LogP contribution in [-0.2, 0) is 15.7 Å². The van der Waals surface area contributed by atoms with Gasteiger partial charge in [0.15, 0.2) is 5.78 Å². The van der Waals surface area contributed by atoms with Crippen LogP contribution >= 0.6 is 0 Å². The van der Waals surface area contributed by atoms with Crippen molar-refractivity contribution in [2.24, 2.45) is 0 Å². The molecule has 1 aromatic carbocycles. The average Bonchev–Trinajstić information content (AvgIpc) is 2.35. The Hall–Kier alpha value is -2.11. The smallest absolute Gasteiger partial charge is 0.416 e. The maximum Gasteiger partial charge on any atom is 0.416 e. The van der Waals surface area contributed by atoms with Crippen molar-refractivity contribution in [2.45, 2.75) is 13.1 Å². The van der Waals surface area contributed by atoms with E-state index in [4.69, 9.17) is 0 Å². The average molecular weight is 272 g/mol. The Labute approximate surface area is 107 Å². The van der Waals surface area contributed by atoms with Crippen LogP contribution in [0, 0.1) is 0 Å². The van der Waals surface area contributed by atoms with Crippen molar-refractivity contribution in [3.8, 4) is 0 Å². The molecule has 0 bridgehead atoms. The Morgan fingerprint density at radius 2 is 1.74 bits per heavy atom. The van der Waals surface area contributed by atoms with Crippen LogP contribution in [0.25, 0.3) is 0 Å². The first-order valence-electron chi connectivity index (χ1n) is 5.41. The van der Waals surface area contributed by atoms with Gasteiger partial charge in [-0.1, -0.05) is 12.1 Å². The van der Waals surface area contributed by atoms with Gasteiger partial charge in [-0.2, -0.15) is 13.2 Å². The number of carbonyl (C=O) groups is 2. The van der Waals surface area contributed by atoms with Crippen LogP contribution in [0.2, 0.25) is 0 Å². The van der Waals surface area contributed by atoms with Crippen molar-refractivity contribution in [1.29, 1.82) is 0 Å². The molecular formula is C13H11F3O3. The summed E-state index contributed by atoms with van der Waals surface area (Å²) in [5.41, 5.74) is -0.771. The highest BCUT2D eigenvalue weighted by atomic mass is 19.4. The van der Waals surface area contributed by atoms with Gasteiger partial charge in [-0.15, -0.1) is 0 Å². The number of ether oxygens (including phenoxy) is 1. The second kappa shape index (κ2) is 6.17. The van der Waals surface area contributed by atoms with E-state index in [0.29, 0.717) is 0 Å². The van der Waals surface area contributed by atoms with Gasteiger partial charge in [0.2, 0.25) is 0 Å².